The molecule has 0 saturated heterocycles. The van der Waals surface area contributed by atoms with Gasteiger partial charge in [0.15, 0.2) is 5.43 Å². The van der Waals surface area contributed by atoms with Crippen LogP contribution < -0.4 is 14.9 Å². The molecule has 5 nitrogen and oxygen atoms in total. The highest BCUT2D eigenvalue weighted by molar-refractivity contribution is 5.83. The number of methoxy groups -OCH3 is 1. The highest BCUT2D eigenvalue weighted by Gasteiger charge is 2.12. The van der Waals surface area contributed by atoms with Gasteiger partial charge in [0, 0.05) is 12.5 Å². The zero-order chi connectivity index (χ0) is 21.3. The number of ether oxygens (including phenoxy) is 2. The molecule has 0 spiro atoms. The van der Waals surface area contributed by atoms with Gasteiger partial charge in [0.2, 0.25) is 0 Å². The summed E-state index contributed by atoms with van der Waals surface area (Å²) in [6, 6.07) is 12.1. The number of esters is 1. The Morgan fingerprint density at radius 2 is 1.63 bits per heavy atom. The molecule has 2 aromatic carbocycles. The third kappa shape index (κ3) is 5.50. The summed E-state index contributed by atoms with van der Waals surface area (Å²) in [5, 5.41) is 0.444. The van der Waals surface area contributed by atoms with Crippen LogP contribution in [0.25, 0.3) is 22.1 Å². The summed E-state index contributed by atoms with van der Waals surface area (Å²) in [6.45, 7) is 2.18. The van der Waals surface area contributed by atoms with Gasteiger partial charge in [-0.1, -0.05) is 51.2 Å². The monoisotopic (exact) mass is 408 g/mol. The lowest BCUT2D eigenvalue weighted by molar-refractivity contribution is -0.134. The number of carbonyl (C=O) groups excluding carboxylic acids is 1. The van der Waals surface area contributed by atoms with E-state index in [1.165, 1.54) is 25.5 Å². The molecule has 0 saturated carbocycles. The Bertz CT molecular complexity index is 1030. The molecule has 0 N–H and O–H groups in total. The molecule has 0 fully saturated rings. The van der Waals surface area contributed by atoms with Crippen molar-refractivity contribution in [1.29, 1.82) is 0 Å². The molecule has 0 bridgehead atoms. The van der Waals surface area contributed by atoms with Gasteiger partial charge in [-0.05, 0) is 36.2 Å². The van der Waals surface area contributed by atoms with Gasteiger partial charge < -0.3 is 13.9 Å². The highest BCUT2D eigenvalue weighted by atomic mass is 16.5. The van der Waals surface area contributed by atoms with Gasteiger partial charge in [-0.25, -0.2) is 0 Å². The number of unbranched alkanes of at least 4 members (excludes halogenated alkanes) is 5. The van der Waals surface area contributed by atoms with Gasteiger partial charge in [-0.2, -0.15) is 0 Å². The first-order valence-electron chi connectivity index (χ1n) is 10.5. The summed E-state index contributed by atoms with van der Waals surface area (Å²) in [7, 11) is 1.59. The number of rotatable bonds is 10. The Morgan fingerprint density at radius 1 is 0.933 bits per heavy atom. The van der Waals surface area contributed by atoms with Crippen LogP contribution in [0.15, 0.2) is 57.9 Å². The van der Waals surface area contributed by atoms with Crippen LogP contribution in [0.5, 0.6) is 11.5 Å². The van der Waals surface area contributed by atoms with Crippen molar-refractivity contribution in [2.24, 2.45) is 0 Å². The van der Waals surface area contributed by atoms with Crippen molar-refractivity contribution in [3.63, 3.8) is 0 Å². The van der Waals surface area contributed by atoms with Gasteiger partial charge in [-0.15, -0.1) is 0 Å². The van der Waals surface area contributed by atoms with Gasteiger partial charge in [0.25, 0.3) is 0 Å². The third-order valence-electron chi connectivity index (χ3n) is 5.11. The maximum absolute atomic E-state index is 12.9. The largest absolute Gasteiger partial charge is 0.497 e. The van der Waals surface area contributed by atoms with Crippen LogP contribution >= 0.6 is 0 Å². The Hall–Kier alpha value is -3.08. The molecule has 5 heteroatoms. The molecule has 0 unspecified atom stereocenters. The van der Waals surface area contributed by atoms with E-state index >= 15 is 0 Å². The Balaban J connectivity index is 1.66. The first kappa shape index (κ1) is 21.6. The molecule has 0 aliphatic heterocycles. The van der Waals surface area contributed by atoms with E-state index in [0.29, 0.717) is 28.7 Å². The predicted molar refractivity (Wildman–Crippen MR) is 118 cm³/mol. The van der Waals surface area contributed by atoms with E-state index < -0.39 is 0 Å². The zero-order valence-corrected chi connectivity index (χ0v) is 17.6. The fourth-order valence-corrected chi connectivity index (χ4v) is 3.37. The maximum atomic E-state index is 12.9. The van der Waals surface area contributed by atoms with Crippen LogP contribution in [0.2, 0.25) is 0 Å². The fraction of sp³-hybridized carbons (Fsp3) is 0.360. The topological polar surface area (TPSA) is 65.7 Å². The molecule has 30 heavy (non-hydrogen) atoms. The minimum absolute atomic E-state index is 0.133. The van der Waals surface area contributed by atoms with Crippen molar-refractivity contribution in [2.75, 3.05) is 7.11 Å². The quantitative estimate of drug-likeness (QED) is 0.229. The van der Waals surface area contributed by atoms with Gasteiger partial charge in [0.1, 0.15) is 23.3 Å². The van der Waals surface area contributed by atoms with Gasteiger partial charge in [0.05, 0.1) is 18.1 Å². The molecule has 1 heterocycles. The molecular formula is C25H28O5. The maximum Gasteiger partial charge on any atom is 0.311 e. The molecule has 3 aromatic rings. The van der Waals surface area contributed by atoms with E-state index in [-0.39, 0.29) is 11.4 Å². The molecule has 3 rings (SSSR count). The fourth-order valence-electron chi connectivity index (χ4n) is 3.37. The van der Waals surface area contributed by atoms with E-state index in [9.17, 15) is 9.59 Å². The average Bonchev–Trinajstić information content (AvgIpc) is 2.76. The number of fused-ring (bicyclic) bond motifs is 1. The van der Waals surface area contributed by atoms with Crippen LogP contribution in [-0.4, -0.2) is 13.1 Å². The number of benzene rings is 2. The first-order valence-corrected chi connectivity index (χ1v) is 10.5. The average molecular weight is 408 g/mol. The van der Waals surface area contributed by atoms with Crippen molar-refractivity contribution in [2.45, 2.75) is 51.9 Å². The smallest absolute Gasteiger partial charge is 0.311 e. The highest BCUT2D eigenvalue weighted by Crippen LogP contribution is 2.25. The number of hydrogen-bond donors (Lipinski definition) is 0. The normalized spacial score (nSPS) is 10.9. The zero-order valence-electron chi connectivity index (χ0n) is 17.6. The Kier molecular flexibility index (Phi) is 7.66. The van der Waals surface area contributed by atoms with Gasteiger partial charge >= 0.3 is 5.97 Å². The minimum Gasteiger partial charge on any atom is -0.497 e. The molecule has 0 aliphatic rings. The lowest BCUT2D eigenvalue weighted by Gasteiger charge is -2.07. The molecule has 0 radical (unpaired) electrons. The predicted octanol–water partition coefficient (Wildman–Crippen LogP) is 6.12. The van der Waals surface area contributed by atoms with Crippen LogP contribution in [0.4, 0.5) is 0 Å². The van der Waals surface area contributed by atoms with E-state index in [1.54, 1.807) is 37.4 Å². The molecule has 0 atom stereocenters. The second-order valence-electron chi connectivity index (χ2n) is 7.36. The molecular weight excluding hydrogens is 380 g/mol. The second-order valence-corrected chi connectivity index (χ2v) is 7.36. The molecule has 158 valence electrons. The van der Waals surface area contributed by atoms with E-state index in [1.807, 2.05) is 12.1 Å². The molecule has 1 aromatic heterocycles. The SMILES string of the molecule is CCCCCCCCC(=O)Oc1ccc2c(=O)c(-c3ccc(OC)cc3)coc2c1. The van der Waals surface area contributed by atoms with Crippen molar-refractivity contribution in [1.82, 2.24) is 0 Å². The first-order chi connectivity index (χ1) is 14.6. The summed E-state index contributed by atoms with van der Waals surface area (Å²) < 4.78 is 16.2. The lowest BCUT2D eigenvalue weighted by Crippen LogP contribution is -2.08. The van der Waals surface area contributed by atoms with Crippen molar-refractivity contribution in [3.8, 4) is 22.6 Å². The van der Waals surface area contributed by atoms with Crippen molar-refractivity contribution >= 4 is 16.9 Å². The summed E-state index contributed by atoms with van der Waals surface area (Å²) in [5.74, 6) is 0.845. The summed E-state index contributed by atoms with van der Waals surface area (Å²) in [6.07, 6.45) is 8.52. The van der Waals surface area contributed by atoms with Crippen LogP contribution in [0.1, 0.15) is 51.9 Å². The second kappa shape index (κ2) is 10.6. The summed E-state index contributed by atoms with van der Waals surface area (Å²) >= 11 is 0. The molecule has 0 amide bonds. The van der Waals surface area contributed by atoms with E-state index in [4.69, 9.17) is 13.9 Å². The van der Waals surface area contributed by atoms with Crippen LogP contribution in [0.3, 0.4) is 0 Å². The van der Waals surface area contributed by atoms with E-state index in [0.717, 1.165) is 30.6 Å². The van der Waals surface area contributed by atoms with Crippen molar-refractivity contribution < 1.29 is 18.7 Å². The third-order valence-corrected chi connectivity index (χ3v) is 5.11. The minimum atomic E-state index is -0.262. The van der Waals surface area contributed by atoms with Crippen LogP contribution in [0, 0.1) is 0 Å². The van der Waals surface area contributed by atoms with Crippen LogP contribution in [-0.2, 0) is 4.79 Å². The standard InChI is InChI=1S/C25H28O5/c1-3-4-5-6-7-8-9-24(26)30-20-14-15-21-23(16-20)29-17-22(25(21)27)18-10-12-19(28-2)13-11-18/h10-17H,3-9H2,1-2H3. The van der Waals surface area contributed by atoms with Crippen molar-refractivity contribution in [3.05, 3.63) is 59.0 Å². The van der Waals surface area contributed by atoms with Gasteiger partial charge in [-0.3, -0.25) is 9.59 Å². The summed E-state index contributed by atoms with van der Waals surface area (Å²) in [5.41, 5.74) is 1.48. The Morgan fingerprint density at radius 3 is 2.37 bits per heavy atom. The lowest BCUT2D eigenvalue weighted by atomic mass is 10.1. The molecule has 0 aliphatic carbocycles. The Labute approximate surface area is 176 Å². The number of hydrogen-bond acceptors (Lipinski definition) is 5. The number of carbonyl (C=O) groups is 1. The van der Waals surface area contributed by atoms with E-state index in [2.05, 4.69) is 6.92 Å². The summed E-state index contributed by atoms with van der Waals surface area (Å²) in [4.78, 5) is 24.9.